The number of nitrogens with zero attached hydrogens (tertiary/aromatic N) is 2. The van der Waals surface area contributed by atoms with Gasteiger partial charge < -0.3 is 5.11 Å². The fourth-order valence-electron chi connectivity index (χ4n) is 2.14. The Morgan fingerprint density at radius 2 is 1.92 bits per heavy atom. The number of hydrogen-bond donors (Lipinski definition) is 1. The Morgan fingerprint density at radius 1 is 1.33 bits per heavy atom. The number of carbonyl (C=O) groups excluding carboxylic acids is 1. The van der Waals surface area contributed by atoms with E-state index >= 15 is 0 Å². The molecule has 0 aliphatic carbocycles. The minimum absolute atomic E-state index is 0.144. The van der Waals surface area contributed by atoms with Gasteiger partial charge in [0.1, 0.15) is 0 Å². The smallest absolute Gasteiger partial charge is 0.362 e. The van der Waals surface area contributed by atoms with Crippen molar-refractivity contribution < 1.29 is 36.6 Å². The number of halogens is 6. The molecule has 5 nitrogen and oxygen atoms in total. The quantitative estimate of drug-likeness (QED) is 0.827. The van der Waals surface area contributed by atoms with Crippen molar-refractivity contribution in [1.29, 1.82) is 0 Å². The van der Waals surface area contributed by atoms with E-state index in [1.165, 1.54) is 18.2 Å². The molecular formula is C13H10ClF5N2O3. The van der Waals surface area contributed by atoms with Crippen molar-refractivity contribution in [2.45, 2.75) is 31.5 Å². The first-order chi connectivity index (χ1) is 10.9. The highest BCUT2D eigenvalue weighted by Gasteiger charge is 2.66. The molecule has 1 aromatic rings. The van der Waals surface area contributed by atoms with Crippen molar-refractivity contribution in [2.75, 3.05) is 0 Å². The number of benzene rings is 1. The van der Waals surface area contributed by atoms with Crippen molar-refractivity contribution in [3.63, 3.8) is 0 Å². The summed E-state index contributed by atoms with van der Waals surface area (Å²) in [6.45, 7) is 1.16. The van der Waals surface area contributed by atoms with Crippen LogP contribution in [0.4, 0.5) is 22.0 Å². The number of amides is 1. The van der Waals surface area contributed by atoms with Crippen molar-refractivity contribution in [3.8, 4) is 0 Å². The summed E-state index contributed by atoms with van der Waals surface area (Å²) >= 11 is 5.77. The maximum atomic E-state index is 13.9. The van der Waals surface area contributed by atoms with Gasteiger partial charge in [-0.25, -0.2) is 4.74 Å². The fourth-order valence-corrected chi connectivity index (χ4v) is 2.35. The van der Waals surface area contributed by atoms with Crippen LogP contribution in [0.1, 0.15) is 23.7 Å². The summed E-state index contributed by atoms with van der Waals surface area (Å²) in [7, 11) is 0. The molecule has 0 fully saturated rings. The molecule has 1 aliphatic heterocycles. The second-order valence-electron chi connectivity index (χ2n) is 4.99. The third kappa shape index (κ3) is 3.35. The molecule has 1 N–H and O–H groups in total. The number of hydrogen-bond acceptors (Lipinski definition) is 4. The molecule has 0 spiro atoms. The van der Waals surface area contributed by atoms with Crippen LogP contribution in [0, 0.1) is 0 Å². The maximum Gasteiger partial charge on any atom is 0.527 e. The lowest BCUT2D eigenvalue weighted by atomic mass is 10.1. The summed E-state index contributed by atoms with van der Waals surface area (Å²) in [6.07, 6.45) is -11.9. The first kappa shape index (κ1) is 18.6. The Hall–Kier alpha value is -1.78. The van der Waals surface area contributed by atoms with Crippen LogP contribution in [0.3, 0.4) is 0 Å². The van der Waals surface area contributed by atoms with E-state index in [1.54, 1.807) is 0 Å². The summed E-state index contributed by atoms with van der Waals surface area (Å²) in [5.74, 6) is -1.30. The highest BCUT2D eigenvalue weighted by Crippen LogP contribution is 2.44. The van der Waals surface area contributed by atoms with E-state index in [1.807, 2.05) is 0 Å². The summed E-state index contributed by atoms with van der Waals surface area (Å²) in [5.41, 5.74) is -4.16. The molecule has 0 saturated carbocycles. The Kier molecular flexibility index (Phi) is 4.59. The molecule has 11 heteroatoms. The van der Waals surface area contributed by atoms with E-state index in [2.05, 4.69) is 9.84 Å². The zero-order valence-electron chi connectivity index (χ0n) is 11.9. The minimum atomic E-state index is -5.74. The van der Waals surface area contributed by atoms with Gasteiger partial charge >= 0.3 is 12.5 Å². The average Bonchev–Trinajstić information content (AvgIpc) is 2.73. The Bertz CT molecular complexity index is 694. The van der Waals surface area contributed by atoms with E-state index in [0.29, 0.717) is 0 Å². The molecule has 0 aromatic heterocycles. The van der Waals surface area contributed by atoms with E-state index < -0.39 is 30.5 Å². The van der Waals surface area contributed by atoms with Crippen molar-refractivity contribution in [2.24, 2.45) is 5.10 Å². The van der Waals surface area contributed by atoms with Crippen molar-refractivity contribution >= 4 is 23.2 Å². The third-order valence-electron chi connectivity index (χ3n) is 3.13. The second-order valence-corrected chi connectivity index (χ2v) is 5.40. The number of hydrazone groups is 1. The van der Waals surface area contributed by atoms with Gasteiger partial charge in [0.15, 0.2) is 0 Å². The topological polar surface area (TPSA) is 62.1 Å². The third-order valence-corrected chi connectivity index (χ3v) is 3.46. The van der Waals surface area contributed by atoms with Crippen LogP contribution in [-0.4, -0.2) is 39.9 Å². The zero-order valence-corrected chi connectivity index (χ0v) is 12.7. The minimum Gasteiger partial charge on any atom is -0.362 e. The van der Waals surface area contributed by atoms with Gasteiger partial charge in [-0.15, -0.1) is 13.2 Å². The number of aliphatic hydroxyl groups is 1. The summed E-state index contributed by atoms with van der Waals surface area (Å²) in [6, 6.07) is 5.22. The van der Waals surface area contributed by atoms with Gasteiger partial charge in [-0.05, 0) is 19.1 Å². The second kappa shape index (κ2) is 5.94. The Balaban J connectivity index is 2.44. The van der Waals surface area contributed by atoms with Gasteiger partial charge in [0.25, 0.3) is 11.6 Å². The lowest BCUT2D eigenvalue weighted by Crippen LogP contribution is -2.61. The Morgan fingerprint density at radius 3 is 2.46 bits per heavy atom. The molecule has 1 heterocycles. The molecule has 2 rings (SSSR count). The SMILES string of the molecule is CC1=NN(C(=O)c2ccccc2Cl)[C@@](O)(C(F)(F)OC(F)(F)F)C1. The van der Waals surface area contributed by atoms with Gasteiger partial charge in [0.05, 0.1) is 10.6 Å². The van der Waals surface area contributed by atoms with Crippen LogP contribution in [-0.2, 0) is 4.74 Å². The van der Waals surface area contributed by atoms with Gasteiger partial charge in [-0.1, -0.05) is 23.7 Å². The van der Waals surface area contributed by atoms with E-state index in [0.717, 1.165) is 13.0 Å². The number of alkyl halides is 5. The summed E-state index contributed by atoms with van der Waals surface area (Å²) in [4.78, 5) is 12.3. The molecule has 24 heavy (non-hydrogen) atoms. The predicted octanol–water partition coefficient (Wildman–Crippen LogP) is 3.38. The predicted molar refractivity (Wildman–Crippen MR) is 72.4 cm³/mol. The normalized spacial score (nSPS) is 21.8. The zero-order chi connectivity index (χ0) is 18.3. The van der Waals surface area contributed by atoms with Crippen LogP contribution in [0.2, 0.25) is 5.02 Å². The van der Waals surface area contributed by atoms with E-state index in [9.17, 15) is 31.9 Å². The molecule has 132 valence electrons. The first-order valence-corrected chi connectivity index (χ1v) is 6.75. The van der Waals surface area contributed by atoms with Gasteiger partial charge in [0, 0.05) is 12.1 Å². The van der Waals surface area contributed by atoms with Crippen LogP contribution < -0.4 is 0 Å². The van der Waals surface area contributed by atoms with Gasteiger partial charge in [-0.3, -0.25) is 4.79 Å². The maximum absolute atomic E-state index is 13.9. The van der Waals surface area contributed by atoms with Crippen LogP contribution in [0.5, 0.6) is 0 Å². The molecule has 0 radical (unpaired) electrons. The van der Waals surface area contributed by atoms with Crippen LogP contribution in [0.15, 0.2) is 29.4 Å². The lowest BCUT2D eigenvalue weighted by Gasteiger charge is -2.36. The largest absolute Gasteiger partial charge is 0.527 e. The highest BCUT2D eigenvalue weighted by atomic mass is 35.5. The first-order valence-electron chi connectivity index (χ1n) is 6.38. The Labute approximate surface area is 137 Å². The molecule has 1 amide bonds. The van der Waals surface area contributed by atoms with Crippen molar-refractivity contribution in [1.82, 2.24) is 5.01 Å². The molecule has 1 atom stereocenters. The van der Waals surface area contributed by atoms with Crippen molar-refractivity contribution in [3.05, 3.63) is 34.9 Å². The molecule has 1 aromatic carbocycles. The van der Waals surface area contributed by atoms with Gasteiger partial charge in [-0.2, -0.15) is 18.9 Å². The number of rotatable bonds is 3. The molecule has 0 unspecified atom stereocenters. The number of carbonyl (C=O) groups is 1. The van der Waals surface area contributed by atoms with E-state index in [4.69, 9.17) is 11.6 Å². The molecule has 0 bridgehead atoms. The molecule has 0 saturated heterocycles. The summed E-state index contributed by atoms with van der Waals surface area (Å²) in [5, 5.41) is 13.2. The fraction of sp³-hybridized carbons (Fsp3) is 0.385. The lowest BCUT2D eigenvalue weighted by molar-refractivity contribution is -0.468. The standard InChI is InChI=1S/C13H10ClF5N2O3/c1-7-6-11(23,12(15,16)24-13(17,18)19)21(20-7)10(22)8-4-2-3-5-9(8)14/h2-5,23H,6H2,1H3/t11-/m0/s1. The molecular weight excluding hydrogens is 363 g/mol. The molecule has 1 aliphatic rings. The van der Waals surface area contributed by atoms with Crippen LogP contribution >= 0.6 is 11.6 Å². The highest BCUT2D eigenvalue weighted by molar-refractivity contribution is 6.33. The monoisotopic (exact) mass is 372 g/mol. The van der Waals surface area contributed by atoms with E-state index in [-0.39, 0.29) is 21.3 Å². The van der Waals surface area contributed by atoms with Crippen LogP contribution in [0.25, 0.3) is 0 Å². The number of ether oxygens (including phenoxy) is 1. The summed E-state index contributed by atoms with van der Waals surface area (Å²) < 4.78 is 67.2. The van der Waals surface area contributed by atoms with Gasteiger partial charge in [0.2, 0.25) is 0 Å². The average molecular weight is 373 g/mol.